The van der Waals surface area contributed by atoms with Crippen LogP contribution in [-0.2, 0) is 6.42 Å². The maximum atomic E-state index is 14.3. The first kappa shape index (κ1) is 17.5. The topological polar surface area (TPSA) is 46.8 Å². The Morgan fingerprint density at radius 3 is 2.74 bits per heavy atom. The molecule has 4 rings (SSSR count). The number of carbonyl (C=O) groups excluding carboxylic acids is 1. The first-order valence-corrected chi connectivity index (χ1v) is 9.02. The molecule has 3 aromatic rings. The third kappa shape index (κ3) is 2.76. The summed E-state index contributed by atoms with van der Waals surface area (Å²) >= 11 is 0. The predicted molar refractivity (Wildman–Crippen MR) is 101 cm³/mol. The lowest BCUT2D eigenvalue weighted by molar-refractivity contribution is 0.0822. The number of fused-ring (bicyclic) bond motifs is 3. The molecular formula is C21H22FN3O2. The van der Waals surface area contributed by atoms with E-state index in [1.807, 2.05) is 30.5 Å². The second kappa shape index (κ2) is 6.37. The number of benzene rings is 1. The van der Waals surface area contributed by atoms with E-state index in [2.05, 4.69) is 4.98 Å². The molecule has 1 amide bonds. The number of amides is 1. The van der Waals surface area contributed by atoms with Crippen LogP contribution in [0.3, 0.4) is 0 Å². The Hall–Kier alpha value is -2.89. The van der Waals surface area contributed by atoms with E-state index in [4.69, 9.17) is 4.74 Å². The molecule has 0 saturated heterocycles. The van der Waals surface area contributed by atoms with Crippen molar-refractivity contribution in [2.45, 2.75) is 32.8 Å². The summed E-state index contributed by atoms with van der Waals surface area (Å²) in [5.74, 6) is 0.225. The van der Waals surface area contributed by atoms with Gasteiger partial charge in [-0.25, -0.2) is 9.37 Å². The molecule has 3 heterocycles. The van der Waals surface area contributed by atoms with Gasteiger partial charge in [-0.1, -0.05) is 18.2 Å². The van der Waals surface area contributed by atoms with Gasteiger partial charge >= 0.3 is 0 Å². The van der Waals surface area contributed by atoms with E-state index in [0.29, 0.717) is 35.4 Å². The maximum absolute atomic E-state index is 14.3. The zero-order valence-corrected chi connectivity index (χ0v) is 15.9. The van der Waals surface area contributed by atoms with Gasteiger partial charge in [-0.05, 0) is 32.8 Å². The van der Waals surface area contributed by atoms with Crippen molar-refractivity contribution >= 4 is 11.6 Å². The minimum absolute atomic E-state index is 0.0770. The molecule has 1 atom stereocenters. The molecule has 0 radical (unpaired) electrons. The molecule has 5 nitrogen and oxygen atoms in total. The molecule has 2 aromatic heterocycles. The van der Waals surface area contributed by atoms with Crippen LogP contribution in [0.4, 0.5) is 4.39 Å². The van der Waals surface area contributed by atoms with Gasteiger partial charge in [0.15, 0.2) is 11.4 Å². The molecule has 0 unspecified atom stereocenters. The summed E-state index contributed by atoms with van der Waals surface area (Å²) < 4.78 is 22.4. The lowest BCUT2D eigenvalue weighted by Crippen LogP contribution is -2.26. The Morgan fingerprint density at radius 1 is 1.30 bits per heavy atom. The van der Waals surface area contributed by atoms with Gasteiger partial charge in [-0.15, -0.1) is 0 Å². The molecule has 0 bridgehead atoms. The molecule has 0 saturated carbocycles. The molecule has 0 fully saturated rings. The molecule has 1 aliphatic heterocycles. The molecule has 6 heteroatoms. The summed E-state index contributed by atoms with van der Waals surface area (Å²) in [7, 11) is 3.47. The van der Waals surface area contributed by atoms with Crippen molar-refractivity contribution in [2.24, 2.45) is 0 Å². The van der Waals surface area contributed by atoms with Gasteiger partial charge in [-0.2, -0.15) is 0 Å². The van der Waals surface area contributed by atoms with Crippen LogP contribution in [-0.4, -0.2) is 34.3 Å². The smallest absolute Gasteiger partial charge is 0.255 e. The van der Waals surface area contributed by atoms with Crippen molar-refractivity contribution in [2.75, 3.05) is 14.1 Å². The Morgan fingerprint density at radius 2 is 2.04 bits per heavy atom. The van der Waals surface area contributed by atoms with Crippen LogP contribution in [0.2, 0.25) is 0 Å². The van der Waals surface area contributed by atoms with E-state index in [0.717, 1.165) is 17.0 Å². The zero-order valence-electron chi connectivity index (χ0n) is 15.9. The van der Waals surface area contributed by atoms with Crippen molar-refractivity contribution in [1.82, 2.24) is 14.3 Å². The van der Waals surface area contributed by atoms with Crippen LogP contribution in [0.15, 0.2) is 30.5 Å². The van der Waals surface area contributed by atoms with E-state index >= 15 is 0 Å². The second-order valence-corrected chi connectivity index (χ2v) is 7.19. The highest BCUT2D eigenvalue weighted by Gasteiger charge is 2.31. The Bertz CT molecular complexity index is 1060. The highest BCUT2D eigenvalue weighted by atomic mass is 19.1. The second-order valence-electron chi connectivity index (χ2n) is 7.19. The highest BCUT2D eigenvalue weighted by Crippen LogP contribution is 2.40. The van der Waals surface area contributed by atoms with Gasteiger partial charge in [0.1, 0.15) is 11.9 Å². The molecule has 0 spiro atoms. The van der Waals surface area contributed by atoms with Gasteiger partial charge < -0.3 is 14.0 Å². The summed E-state index contributed by atoms with van der Waals surface area (Å²) in [5.41, 5.74) is 4.50. The molecule has 0 aliphatic carbocycles. The van der Waals surface area contributed by atoms with Crippen LogP contribution in [0.5, 0.6) is 5.75 Å². The van der Waals surface area contributed by atoms with Crippen LogP contribution in [0, 0.1) is 19.7 Å². The third-order valence-corrected chi connectivity index (χ3v) is 5.25. The molecule has 0 N–H and O–H groups in total. The van der Waals surface area contributed by atoms with Gasteiger partial charge in [0.25, 0.3) is 5.91 Å². The number of aromatic nitrogens is 2. The van der Waals surface area contributed by atoms with Crippen molar-refractivity contribution in [3.8, 4) is 5.75 Å². The SMILES string of the molecule is Cc1nc2c3c(c(C(=O)N(C)C)cn2c1C)CC[C@H](c1ccccc1F)O3. The van der Waals surface area contributed by atoms with Crippen molar-refractivity contribution < 1.29 is 13.9 Å². The lowest BCUT2D eigenvalue weighted by atomic mass is 9.94. The molecule has 1 aliphatic rings. The minimum atomic E-state index is -0.399. The largest absolute Gasteiger partial charge is 0.481 e. The van der Waals surface area contributed by atoms with Crippen LogP contribution in [0.1, 0.15) is 45.4 Å². The van der Waals surface area contributed by atoms with E-state index < -0.39 is 6.10 Å². The minimum Gasteiger partial charge on any atom is -0.481 e. The Labute approximate surface area is 157 Å². The van der Waals surface area contributed by atoms with E-state index in [-0.39, 0.29) is 11.7 Å². The lowest BCUT2D eigenvalue weighted by Gasteiger charge is -2.29. The van der Waals surface area contributed by atoms with Crippen LogP contribution >= 0.6 is 0 Å². The fourth-order valence-corrected chi connectivity index (χ4v) is 3.64. The molecule has 1 aromatic carbocycles. The molecular weight excluding hydrogens is 345 g/mol. The monoisotopic (exact) mass is 367 g/mol. The van der Waals surface area contributed by atoms with Gasteiger partial charge in [0, 0.05) is 37.1 Å². The van der Waals surface area contributed by atoms with E-state index in [9.17, 15) is 9.18 Å². The number of nitrogens with zero attached hydrogens (tertiary/aromatic N) is 3. The van der Waals surface area contributed by atoms with Crippen molar-refractivity contribution in [3.05, 3.63) is 64.4 Å². The van der Waals surface area contributed by atoms with Crippen LogP contribution in [0.25, 0.3) is 5.65 Å². The normalized spacial score (nSPS) is 16.1. The fourth-order valence-electron chi connectivity index (χ4n) is 3.64. The Balaban J connectivity index is 1.91. The average Bonchev–Trinajstić information content (AvgIpc) is 2.95. The maximum Gasteiger partial charge on any atom is 0.255 e. The number of imidazole rings is 1. The van der Waals surface area contributed by atoms with E-state index in [1.54, 1.807) is 31.1 Å². The first-order valence-electron chi connectivity index (χ1n) is 9.02. The standard InChI is InChI=1S/C21H22FN3O2/c1-12-13(2)25-11-16(21(26)24(3)4)14-9-10-18(27-19(14)20(25)23-12)15-7-5-6-8-17(15)22/h5-8,11,18H,9-10H2,1-4H3/t18-/m1/s1. The van der Waals surface area contributed by atoms with Gasteiger partial charge in [0.05, 0.1) is 11.3 Å². The van der Waals surface area contributed by atoms with E-state index in [1.165, 1.54) is 6.07 Å². The number of pyridine rings is 1. The third-order valence-electron chi connectivity index (χ3n) is 5.25. The van der Waals surface area contributed by atoms with Gasteiger partial charge in [-0.3, -0.25) is 4.79 Å². The molecule has 27 heavy (non-hydrogen) atoms. The summed E-state index contributed by atoms with van der Waals surface area (Å²) in [6.07, 6.45) is 2.68. The summed E-state index contributed by atoms with van der Waals surface area (Å²) in [6, 6.07) is 6.67. The van der Waals surface area contributed by atoms with Gasteiger partial charge in [0.2, 0.25) is 0 Å². The predicted octanol–water partition coefficient (Wildman–Crippen LogP) is 3.86. The zero-order chi connectivity index (χ0) is 19.3. The summed E-state index contributed by atoms with van der Waals surface area (Å²) in [4.78, 5) is 19.0. The number of rotatable bonds is 2. The number of ether oxygens (including phenoxy) is 1. The van der Waals surface area contributed by atoms with Crippen LogP contribution < -0.4 is 4.74 Å². The summed E-state index contributed by atoms with van der Waals surface area (Å²) in [5, 5.41) is 0. The number of hydrogen-bond acceptors (Lipinski definition) is 3. The quantitative estimate of drug-likeness (QED) is 0.691. The fraction of sp³-hybridized carbons (Fsp3) is 0.333. The Kier molecular flexibility index (Phi) is 4.13. The summed E-state index contributed by atoms with van der Waals surface area (Å²) in [6.45, 7) is 3.89. The number of aryl methyl sites for hydroxylation is 2. The number of carbonyl (C=O) groups is 1. The first-order chi connectivity index (χ1) is 12.9. The average molecular weight is 367 g/mol. The van der Waals surface area contributed by atoms with Crippen molar-refractivity contribution in [3.63, 3.8) is 0 Å². The molecule has 140 valence electrons. The highest BCUT2D eigenvalue weighted by molar-refractivity contribution is 5.96. The number of halogens is 1. The van der Waals surface area contributed by atoms with Crippen molar-refractivity contribution in [1.29, 1.82) is 0 Å². The number of hydrogen-bond donors (Lipinski definition) is 0.